The maximum atomic E-state index is 12.4. The minimum atomic E-state index is -3.92. The van der Waals surface area contributed by atoms with Crippen LogP contribution in [0, 0.1) is 20.8 Å². The van der Waals surface area contributed by atoms with E-state index < -0.39 is 16.1 Å². The van der Waals surface area contributed by atoms with Gasteiger partial charge in [0.25, 0.3) is 10.0 Å². The molecule has 9 nitrogen and oxygen atoms in total. The maximum Gasteiger partial charge on any atom is 0.328 e. The lowest BCUT2D eigenvalue weighted by Gasteiger charge is -2.11. The fourth-order valence-electron chi connectivity index (χ4n) is 4.77. The van der Waals surface area contributed by atoms with E-state index in [9.17, 15) is 13.2 Å². The number of urea groups is 1. The van der Waals surface area contributed by atoms with Crippen LogP contribution in [0.4, 0.5) is 4.79 Å². The van der Waals surface area contributed by atoms with Crippen molar-refractivity contribution in [1.82, 2.24) is 24.4 Å². The van der Waals surface area contributed by atoms with Crippen LogP contribution in [0.2, 0.25) is 0 Å². The van der Waals surface area contributed by atoms with Gasteiger partial charge in [0.2, 0.25) is 0 Å². The molecule has 0 radical (unpaired) electrons. The highest BCUT2D eigenvalue weighted by molar-refractivity contribution is 7.90. The molecule has 198 valence electrons. The summed E-state index contributed by atoms with van der Waals surface area (Å²) in [6, 6.07) is 13.7. The number of rotatable bonds is 7. The topological polar surface area (TPSA) is 115 Å². The SMILES string of the molecule is Cc1ccc(S(=O)(=O)NC(=O)NCCc2ccc(-c3c(C4CCOC4)nc4c(C)nc(C)cn34)cc2)cc1. The van der Waals surface area contributed by atoms with Crippen molar-refractivity contribution >= 4 is 21.7 Å². The molecule has 0 spiro atoms. The number of aromatic nitrogens is 3. The van der Waals surface area contributed by atoms with Gasteiger partial charge in [0.1, 0.15) is 0 Å². The third-order valence-electron chi connectivity index (χ3n) is 6.72. The standard InChI is InChI=1S/C28H31N5O4S/c1-18-4-10-24(11-5-18)38(35,36)32-28(34)29-14-12-21-6-8-22(9-7-21)26-25(23-13-15-37-17-23)31-27-20(3)30-19(2)16-33(26)27/h4-11,16,23H,12-15,17H2,1-3H3,(H2,29,32,34). The fraction of sp³-hybridized carbons (Fsp3) is 0.321. The molecule has 0 aliphatic carbocycles. The highest BCUT2D eigenvalue weighted by Crippen LogP contribution is 2.35. The fourth-order valence-corrected chi connectivity index (χ4v) is 5.70. The molecule has 38 heavy (non-hydrogen) atoms. The molecular formula is C28H31N5O4S. The molecule has 2 N–H and O–H groups in total. The van der Waals surface area contributed by atoms with Gasteiger partial charge in [-0.15, -0.1) is 0 Å². The van der Waals surface area contributed by atoms with Crippen LogP contribution in [0.25, 0.3) is 16.9 Å². The summed E-state index contributed by atoms with van der Waals surface area (Å²) in [6.07, 6.45) is 3.51. The maximum absolute atomic E-state index is 12.4. The third-order valence-corrected chi connectivity index (χ3v) is 8.07. The number of fused-ring (bicyclic) bond motifs is 1. The smallest absolute Gasteiger partial charge is 0.328 e. The lowest BCUT2D eigenvalue weighted by atomic mass is 9.98. The van der Waals surface area contributed by atoms with Crippen molar-refractivity contribution in [3.05, 3.63) is 82.9 Å². The van der Waals surface area contributed by atoms with Gasteiger partial charge in [-0.25, -0.2) is 22.9 Å². The van der Waals surface area contributed by atoms with Gasteiger partial charge in [-0.3, -0.25) is 9.38 Å². The van der Waals surface area contributed by atoms with Crippen molar-refractivity contribution in [1.29, 1.82) is 0 Å². The molecule has 1 unspecified atom stereocenters. The van der Waals surface area contributed by atoms with Gasteiger partial charge in [0, 0.05) is 30.8 Å². The van der Waals surface area contributed by atoms with Crippen LogP contribution in [-0.4, -0.2) is 48.6 Å². The number of hydrogen-bond acceptors (Lipinski definition) is 6. The molecule has 2 aromatic heterocycles. The Morgan fingerprint density at radius 1 is 1.05 bits per heavy atom. The summed E-state index contributed by atoms with van der Waals surface area (Å²) in [5.74, 6) is 0.239. The summed E-state index contributed by atoms with van der Waals surface area (Å²) in [5, 5.41) is 2.63. The van der Waals surface area contributed by atoms with Gasteiger partial charge in [-0.2, -0.15) is 0 Å². The first-order valence-electron chi connectivity index (χ1n) is 12.6. The number of carbonyl (C=O) groups excluding carboxylic acids is 1. The number of nitrogens with one attached hydrogen (secondary N) is 2. The van der Waals surface area contributed by atoms with E-state index in [1.165, 1.54) is 12.1 Å². The normalized spacial score (nSPS) is 15.6. The second kappa shape index (κ2) is 10.5. The average molecular weight is 534 g/mol. The van der Waals surface area contributed by atoms with Crippen molar-refractivity contribution in [3.63, 3.8) is 0 Å². The van der Waals surface area contributed by atoms with Crippen LogP contribution < -0.4 is 10.0 Å². The number of aryl methyl sites for hydroxylation is 3. The molecule has 1 atom stereocenters. The Balaban J connectivity index is 1.28. The molecule has 1 aliphatic rings. The molecule has 2 amide bonds. The largest absolute Gasteiger partial charge is 0.381 e. The van der Waals surface area contributed by atoms with Gasteiger partial charge < -0.3 is 10.1 Å². The predicted octanol–water partition coefficient (Wildman–Crippen LogP) is 4.06. The number of amides is 2. The monoisotopic (exact) mass is 533 g/mol. The highest BCUT2D eigenvalue weighted by Gasteiger charge is 2.27. The van der Waals surface area contributed by atoms with Gasteiger partial charge >= 0.3 is 6.03 Å². The predicted molar refractivity (Wildman–Crippen MR) is 145 cm³/mol. The van der Waals surface area contributed by atoms with Crippen LogP contribution in [0.5, 0.6) is 0 Å². The van der Waals surface area contributed by atoms with E-state index >= 15 is 0 Å². The summed E-state index contributed by atoms with van der Waals surface area (Å²) in [7, 11) is -3.92. The second-order valence-corrected chi connectivity index (χ2v) is 11.4. The minimum absolute atomic E-state index is 0.0472. The Bertz CT molecular complexity index is 1570. The van der Waals surface area contributed by atoms with Crippen molar-refractivity contribution in [2.24, 2.45) is 0 Å². The number of sulfonamides is 1. The van der Waals surface area contributed by atoms with Crippen LogP contribution in [-0.2, 0) is 21.2 Å². The minimum Gasteiger partial charge on any atom is -0.381 e. The number of carbonyl (C=O) groups is 1. The van der Waals surface area contributed by atoms with Crippen molar-refractivity contribution in [2.45, 2.75) is 44.4 Å². The summed E-state index contributed by atoms with van der Waals surface area (Å²) in [4.78, 5) is 21.8. The first-order valence-corrected chi connectivity index (χ1v) is 14.1. The van der Waals surface area contributed by atoms with Crippen LogP contribution >= 0.6 is 0 Å². The number of nitrogens with zero attached hydrogens (tertiary/aromatic N) is 3. The molecule has 1 fully saturated rings. The number of benzene rings is 2. The first-order chi connectivity index (χ1) is 18.2. The molecule has 1 aliphatic heterocycles. The molecule has 2 aromatic carbocycles. The van der Waals surface area contributed by atoms with E-state index in [1.807, 2.05) is 39.1 Å². The zero-order chi connectivity index (χ0) is 26.9. The number of hydrogen-bond donors (Lipinski definition) is 2. The summed E-state index contributed by atoms with van der Waals surface area (Å²) in [6.45, 7) is 7.51. The van der Waals surface area contributed by atoms with E-state index in [1.54, 1.807) is 12.1 Å². The lowest BCUT2D eigenvalue weighted by Crippen LogP contribution is -2.40. The zero-order valence-corrected chi connectivity index (χ0v) is 22.5. The Labute approximate surface area is 222 Å². The van der Waals surface area contributed by atoms with Crippen LogP contribution in [0.15, 0.2) is 59.6 Å². The molecule has 5 rings (SSSR count). The van der Waals surface area contributed by atoms with Crippen molar-refractivity contribution in [2.75, 3.05) is 19.8 Å². The van der Waals surface area contributed by atoms with Gasteiger partial charge in [0.05, 0.1) is 34.3 Å². The van der Waals surface area contributed by atoms with E-state index in [-0.39, 0.29) is 10.8 Å². The second-order valence-electron chi connectivity index (χ2n) is 9.69. The summed E-state index contributed by atoms with van der Waals surface area (Å²) < 4.78 is 34.6. The Morgan fingerprint density at radius 2 is 1.79 bits per heavy atom. The van der Waals surface area contributed by atoms with E-state index in [0.29, 0.717) is 19.6 Å². The average Bonchev–Trinajstić information content (AvgIpc) is 3.53. The third kappa shape index (κ3) is 5.41. The molecule has 1 saturated heterocycles. The lowest BCUT2D eigenvalue weighted by molar-refractivity contribution is 0.193. The van der Waals surface area contributed by atoms with Gasteiger partial charge in [-0.05, 0) is 51.3 Å². The van der Waals surface area contributed by atoms with E-state index in [2.05, 4.69) is 31.6 Å². The Kier molecular flexibility index (Phi) is 7.18. The molecule has 0 bridgehead atoms. The molecule has 10 heteroatoms. The van der Waals surface area contributed by atoms with Crippen LogP contribution in [0.1, 0.15) is 40.5 Å². The first kappa shape index (κ1) is 25.9. The quantitative estimate of drug-likeness (QED) is 0.370. The Morgan fingerprint density at radius 3 is 2.47 bits per heavy atom. The highest BCUT2D eigenvalue weighted by atomic mass is 32.2. The summed E-state index contributed by atoms with van der Waals surface area (Å²) in [5.41, 5.74) is 7.75. The molecule has 4 aromatic rings. The van der Waals surface area contributed by atoms with Crippen molar-refractivity contribution < 1.29 is 17.9 Å². The van der Waals surface area contributed by atoms with E-state index in [4.69, 9.17) is 9.72 Å². The molecule has 3 heterocycles. The molecular weight excluding hydrogens is 502 g/mol. The van der Waals surface area contributed by atoms with Crippen LogP contribution in [0.3, 0.4) is 0 Å². The van der Waals surface area contributed by atoms with Gasteiger partial charge in [0.15, 0.2) is 5.65 Å². The Hall–Kier alpha value is -3.76. The van der Waals surface area contributed by atoms with Crippen molar-refractivity contribution in [3.8, 4) is 11.3 Å². The van der Waals surface area contributed by atoms with E-state index in [0.717, 1.165) is 58.1 Å². The zero-order valence-electron chi connectivity index (χ0n) is 21.7. The summed E-state index contributed by atoms with van der Waals surface area (Å²) >= 11 is 0. The van der Waals surface area contributed by atoms with Gasteiger partial charge in [-0.1, -0.05) is 42.0 Å². The molecule has 0 saturated carbocycles. The number of imidazole rings is 1. The number of ether oxygens (including phenoxy) is 1.